The van der Waals surface area contributed by atoms with Crippen LogP contribution in [0.4, 0.5) is 0 Å². The van der Waals surface area contributed by atoms with Crippen LogP contribution in [0, 0.1) is 0 Å². The van der Waals surface area contributed by atoms with Crippen molar-refractivity contribution in [3.05, 3.63) is 59.7 Å². The fraction of sp³-hybridized carbons (Fsp3) is 0.333. The second-order valence-electron chi connectivity index (χ2n) is 5.10. The summed E-state index contributed by atoms with van der Waals surface area (Å²) in [5.74, 6) is 1.46. The Kier molecular flexibility index (Phi) is 6.25. The molecule has 2 aromatic rings. The molecular weight excluding hydrogens is 276 g/mol. The highest BCUT2D eigenvalue weighted by Gasteiger charge is 2.11. The summed E-state index contributed by atoms with van der Waals surface area (Å²) in [6.45, 7) is 3.61. The van der Waals surface area contributed by atoms with Crippen LogP contribution in [0.1, 0.15) is 30.5 Å². The van der Waals surface area contributed by atoms with Gasteiger partial charge >= 0.3 is 0 Å². The van der Waals surface area contributed by atoms with E-state index in [9.17, 15) is 0 Å². The lowest BCUT2D eigenvalue weighted by Gasteiger charge is -2.16. The van der Waals surface area contributed by atoms with Gasteiger partial charge < -0.3 is 20.9 Å². The molecule has 2 rings (SSSR count). The first kappa shape index (κ1) is 16.3. The average molecular weight is 300 g/mol. The molecule has 0 aliphatic carbocycles. The summed E-state index contributed by atoms with van der Waals surface area (Å²) < 4.78 is 11.6. The minimum atomic E-state index is -0.0765. The average Bonchev–Trinajstić information content (AvgIpc) is 2.55. The van der Waals surface area contributed by atoms with Gasteiger partial charge in [-0.25, -0.2) is 0 Å². The van der Waals surface area contributed by atoms with Gasteiger partial charge in [-0.05, 0) is 43.1 Å². The summed E-state index contributed by atoms with van der Waals surface area (Å²) in [5.41, 5.74) is 13.8. The molecule has 118 valence electrons. The Hall–Kier alpha value is -2.04. The molecule has 0 spiro atoms. The lowest BCUT2D eigenvalue weighted by molar-refractivity contribution is 0.269. The summed E-state index contributed by atoms with van der Waals surface area (Å²) in [6.07, 6.45) is 0.746. The fourth-order valence-corrected chi connectivity index (χ4v) is 2.22. The third-order valence-electron chi connectivity index (χ3n) is 3.41. The molecule has 0 saturated carbocycles. The van der Waals surface area contributed by atoms with E-state index in [0.29, 0.717) is 19.8 Å². The van der Waals surface area contributed by atoms with Gasteiger partial charge in [-0.15, -0.1) is 0 Å². The lowest BCUT2D eigenvalue weighted by Crippen LogP contribution is -2.15. The molecule has 4 N–H and O–H groups in total. The Bertz CT molecular complexity index is 573. The maximum absolute atomic E-state index is 6.11. The van der Waals surface area contributed by atoms with Crippen molar-refractivity contribution in [2.45, 2.75) is 26.0 Å². The Morgan fingerprint density at radius 3 is 2.45 bits per heavy atom. The Labute approximate surface area is 132 Å². The Balaban J connectivity index is 2.12. The molecule has 0 saturated heterocycles. The van der Waals surface area contributed by atoms with E-state index in [1.165, 1.54) is 0 Å². The van der Waals surface area contributed by atoms with E-state index in [1.807, 2.05) is 55.5 Å². The zero-order valence-electron chi connectivity index (χ0n) is 13.0. The number of rotatable bonds is 8. The van der Waals surface area contributed by atoms with Crippen LogP contribution in [-0.2, 0) is 6.61 Å². The summed E-state index contributed by atoms with van der Waals surface area (Å²) in [6, 6.07) is 15.8. The molecule has 0 aliphatic heterocycles. The maximum Gasteiger partial charge on any atom is 0.161 e. The molecule has 4 heteroatoms. The number of ether oxygens (including phenoxy) is 2. The zero-order valence-corrected chi connectivity index (χ0v) is 13.0. The van der Waals surface area contributed by atoms with Gasteiger partial charge in [-0.3, -0.25) is 0 Å². The first-order chi connectivity index (χ1) is 10.7. The topological polar surface area (TPSA) is 70.5 Å². The predicted molar refractivity (Wildman–Crippen MR) is 89.0 cm³/mol. The highest BCUT2D eigenvalue weighted by Crippen LogP contribution is 2.31. The second kappa shape index (κ2) is 8.41. The van der Waals surface area contributed by atoms with Gasteiger partial charge in [0.15, 0.2) is 11.5 Å². The Morgan fingerprint density at radius 1 is 1.00 bits per heavy atom. The van der Waals surface area contributed by atoms with Crippen LogP contribution in [0.5, 0.6) is 11.5 Å². The number of benzene rings is 2. The SMILES string of the molecule is CCOc1cc([C@@H](N)CCN)ccc1OCc1ccccc1. The summed E-state index contributed by atoms with van der Waals surface area (Å²) in [5, 5.41) is 0. The van der Waals surface area contributed by atoms with E-state index in [1.54, 1.807) is 0 Å². The molecule has 0 aromatic heterocycles. The van der Waals surface area contributed by atoms with E-state index >= 15 is 0 Å². The molecular formula is C18H24N2O2. The van der Waals surface area contributed by atoms with Crippen LogP contribution in [0.2, 0.25) is 0 Å². The maximum atomic E-state index is 6.11. The molecule has 22 heavy (non-hydrogen) atoms. The largest absolute Gasteiger partial charge is 0.490 e. The van der Waals surface area contributed by atoms with Crippen LogP contribution in [-0.4, -0.2) is 13.2 Å². The smallest absolute Gasteiger partial charge is 0.161 e. The van der Waals surface area contributed by atoms with Gasteiger partial charge in [0.05, 0.1) is 6.61 Å². The standard InChI is InChI=1S/C18H24N2O2/c1-2-21-18-12-15(16(20)10-11-19)8-9-17(18)22-13-14-6-4-3-5-7-14/h3-9,12,16H,2,10-11,13,19-20H2,1H3/t16-/m0/s1. The fourth-order valence-electron chi connectivity index (χ4n) is 2.22. The van der Waals surface area contributed by atoms with Crippen molar-refractivity contribution < 1.29 is 9.47 Å². The van der Waals surface area contributed by atoms with E-state index in [-0.39, 0.29) is 6.04 Å². The highest BCUT2D eigenvalue weighted by molar-refractivity contribution is 5.44. The number of nitrogens with two attached hydrogens (primary N) is 2. The molecule has 2 aromatic carbocycles. The van der Waals surface area contributed by atoms with Gasteiger partial charge in [-0.1, -0.05) is 36.4 Å². The molecule has 0 amide bonds. The minimum absolute atomic E-state index is 0.0765. The third-order valence-corrected chi connectivity index (χ3v) is 3.41. The first-order valence-corrected chi connectivity index (χ1v) is 7.63. The van der Waals surface area contributed by atoms with Crippen LogP contribution in [0.25, 0.3) is 0 Å². The summed E-state index contributed by atoms with van der Waals surface area (Å²) in [7, 11) is 0. The van der Waals surface area contributed by atoms with Crippen molar-refractivity contribution in [3.8, 4) is 11.5 Å². The molecule has 0 unspecified atom stereocenters. The predicted octanol–water partition coefficient (Wildman–Crippen LogP) is 3.01. The summed E-state index contributed by atoms with van der Waals surface area (Å²) in [4.78, 5) is 0. The van der Waals surface area contributed by atoms with Crippen molar-refractivity contribution in [1.29, 1.82) is 0 Å². The van der Waals surface area contributed by atoms with Crippen molar-refractivity contribution in [3.63, 3.8) is 0 Å². The Morgan fingerprint density at radius 2 is 1.77 bits per heavy atom. The third kappa shape index (κ3) is 4.48. The van der Waals surface area contributed by atoms with E-state index < -0.39 is 0 Å². The molecule has 0 aliphatic rings. The zero-order chi connectivity index (χ0) is 15.8. The minimum Gasteiger partial charge on any atom is -0.490 e. The van der Waals surface area contributed by atoms with Crippen molar-refractivity contribution >= 4 is 0 Å². The van der Waals surface area contributed by atoms with Crippen molar-refractivity contribution in [2.24, 2.45) is 11.5 Å². The molecule has 1 atom stereocenters. The molecule has 0 heterocycles. The monoisotopic (exact) mass is 300 g/mol. The van der Waals surface area contributed by atoms with E-state index in [2.05, 4.69) is 0 Å². The van der Waals surface area contributed by atoms with Crippen LogP contribution < -0.4 is 20.9 Å². The van der Waals surface area contributed by atoms with Gasteiger partial charge in [-0.2, -0.15) is 0 Å². The number of hydrogen-bond acceptors (Lipinski definition) is 4. The van der Waals surface area contributed by atoms with Gasteiger partial charge in [0.2, 0.25) is 0 Å². The highest BCUT2D eigenvalue weighted by atomic mass is 16.5. The van der Waals surface area contributed by atoms with E-state index in [4.69, 9.17) is 20.9 Å². The number of hydrogen-bond donors (Lipinski definition) is 2. The molecule has 0 fully saturated rings. The normalized spacial score (nSPS) is 12.0. The van der Waals surface area contributed by atoms with Gasteiger partial charge in [0.25, 0.3) is 0 Å². The van der Waals surface area contributed by atoms with Crippen LogP contribution in [0.3, 0.4) is 0 Å². The van der Waals surface area contributed by atoms with Gasteiger partial charge in [0.1, 0.15) is 6.61 Å². The quantitative estimate of drug-likeness (QED) is 0.786. The van der Waals surface area contributed by atoms with Crippen molar-refractivity contribution in [2.75, 3.05) is 13.2 Å². The molecule has 4 nitrogen and oxygen atoms in total. The molecule has 0 radical (unpaired) electrons. The van der Waals surface area contributed by atoms with Crippen LogP contribution >= 0.6 is 0 Å². The van der Waals surface area contributed by atoms with E-state index in [0.717, 1.165) is 29.0 Å². The van der Waals surface area contributed by atoms with Gasteiger partial charge in [0, 0.05) is 6.04 Å². The van der Waals surface area contributed by atoms with Crippen LogP contribution in [0.15, 0.2) is 48.5 Å². The first-order valence-electron chi connectivity index (χ1n) is 7.63. The second-order valence-corrected chi connectivity index (χ2v) is 5.10. The lowest BCUT2D eigenvalue weighted by atomic mass is 10.0. The summed E-state index contributed by atoms with van der Waals surface area (Å²) >= 11 is 0. The van der Waals surface area contributed by atoms with Crippen molar-refractivity contribution in [1.82, 2.24) is 0 Å². The molecule has 0 bridgehead atoms.